The van der Waals surface area contributed by atoms with E-state index in [4.69, 9.17) is 4.74 Å². The molecule has 0 radical (unpaired) electrons. The molecule has 1 saturated carbocycles. The molecular formula is C22H25N3O5. The van der Waals surface area contributed by atoms with Gasteiger partial charge in [-0.05, 0) is 49.4 Å². The van der Waals surface area contributed by atoms with Crippen LogP contribution >= 0.6 is 0 Å². The topological polar surface area (TPSA) is 111 Å². The molecule has 0 aliphatic heterocycles. The first-order chi connectivity index (χ1) is 14.5. The van der Waals surface area contributed by atoms with Gasteiger partial charge in [0.05, 0.1) is 17.6 Å². The molecule has 2 aromatic rings. The van der Waals surface area contributed by atoms with Crippen LogP contribution in [0.4, 0.5) is 5.69 Å². The van der Waals surface area contributed by atoms with E-state index in [9.17, 15) is 19.7 Å². The Labute approximate surface area is 174 Å². The molecule has 0 unspecified atom stereocenters. The number of hydrogen-bond acceptors (Lipinski definition) is 5. The van der Waals surface area contributed by atoms with E-state index >= 15 is 0 Å². The smallest absolute Gasteiger partial charge is 0.270 e. The number of carbonyl (C=O) groups excluding carboxylic acids is 2. The number of nitro benzene ring substituents is 1. The summed E-state index contributed by atoms with van der Waals surface area (Å²) in [6.07, 6.45) is 6.07. The Morgan fingerprint density at radius 2 is 1.80 bits per heavy atom. The highest BCUT2D eigenvalue weighted by Crippen LogP contribution is 2.24. The number of ether oxygens (including phenoxy) is 1. The van der Waals surface area contributed by atoms with Crippen LogP contribution < -0.4 is 15.4 Å². The first kappa shape index (κ1) is 21.3. The quantitative estimate of drug-likeness (QED) is 0.511. The van der Waals surface area contributed by atoms with Gasteiger partial charge in [0.25, 0.3) is 11.6 Å². The van der Waals surface area contributed by atoms with Gasteiger partial charge in [-0.1, -0.05) is 24.6 Å². The summed E-state index contributed by atoms with van der Waals surface area (Å²) in [7, 11) is 0. The Bertz CT molecular complexity index is 909. The van der Waals surface area contributed by atoms with Crippen LogP contribution in [0.15, 0.2) is 48.5 Å². The summed E-state index contributed by atoms with van der Waals surface area (Å²) in [6, 6.07) is 13.0. The second kappa shape index (κ2) is 10.4. The zero-order valence-corrected chi connectivity index (χ0v) is 16.6. The van der Waals surface area contributed by atoms with Crippen molar-refractivity contribution in [2.24, 2.45) is 0 Å². The van der Waals surface area contributed by atoms with Crippen molar-refractivity contribution in [2.75, 3.05) is 6.54 Å². The molecule has 8 nitrogen and oxygen atoms in total. The Kier molecular flexibility index (Phi) is 7.37. The summed E-state index contributed by atoms with van der Waals surface area (Å²) < 4.78 is 6.04. The van der Waals surface area contributed by atoms with Crippen molar-refractivity contribution in [1.29, 1.82) is 0 Å². The van der Waals surface area contributed by atoms with Crippen molar-refractivity contribution in [3.8, 4) is 5.75 Å². The van der Waals surface area contributed by atoms with Crippen LogP contribution in [-0.2, 0) is 11.3 Å². The van der Waals surface area contributed by atoms with Gasteiger partial charge in [-0.2, -0.15) is 0 Å². The molecule has 1 fully saturated rings. The minimum absolute atomic E-state index is 0.129. The highest BCUT2D eigenvalue weighted by molar-refractivity contribution is 5.96. The van der Waals surface area contributed by atoms with Crippen LogP contribution in [0.5, 0.6) is 5.75 Å². The molecule has 0 saturated heterocycles. The largest absolute Gasteiger partial charge is 0.490 e. The lowest BCUT2D eigenvalue weighted by Gasteiger charge is -2.23. The average molecular weight is 411 g/mol. The molecule has 0 aromatic heterocycles. The van der Waals surface area contributed by atoms with Gasteiger partial charge >= 0.3 is 0 Å². The maximum atomic E-state index is 12.1. The van der Waals surface area contributed by atoms with Gasteiger partial charge in [-0.15, -0.1) is 0 Å². The molecule has 1 aliphatic rings. The van der Waals surface area contributed by atoms with Gasteiger partial charge in [0.15, 0.2) is 0 Å². The standard InChI is InChI=1S/C22H25N3O5/c26-21(15-24-22(27)17-7-5-8-18(13-17)25(28)29)23-14-16-6-4-11-20(12-16)30-19-9-2-1-3-10-19/h4-8,11-13,19H,1-3,9-10,14-15H2,(H,23,26)(H,24,27). The molecule has 1 aliphatic carbocycles. The van der Waals surface area contributed by atoms with E-state index < -0.39 is 10.8 Å². The summed E-state index contributed by atoms with van der Waals surface area (Å²) in [4.78, 5) is 34.4. The van der Waals surface area contributed by atoms with Crippen molar-refractivity contribution in [3.05, 3.63) is 69.8 Å². The summed E-state index contributed by atoms with van der Waals surface area (Å²) >= 11 is 0. The highest BCUT2D eigenvalue weighted by Gasteiger charge is 2.15. The van der Waals surface area contributed by atoms with Gasteiger partial charge in [0.2, 0.25) is 5.91 Å². The molecule has 0 bridgehead atoms. The van der Waals surface area contributed by atoms with E-state index in [1.165, 1.54) is 43.5 Å². The van der Waals surface area contributed by atoms with Gasteiger partial charge in [-0.25, -0.2) is 0 Å². The zero-order chi connectivity index (χ0) is 21.3. The number of nitrogens with one attached hydrogen (secondary N) is 2. The van der Waals surface area contributed by atoms with Crippen LogP contribution in [0.25, 0.3) is 0 Å². The SMILES string of the molecule is O=C(CNC(=O)c1cccc([N+](=O)[O-])c1)NCc1cccc(OC2CCCCC2)c1. The predicted octanol–water partition coefficient (Wildman–Crippen LogP) is 3.35. The number of non-ortho nitro benzene ring substituents is 1. The first-order valence-electron chi connectivity index (χ1n) is 10.1. The molecule has 0 heterocycles. The third kappa shape index (κ3) is 6.30. The Morgan fingerprint density at radius 3 is 2.57 bits per heavy atom. The maximum Gasteiger partial charge on any atom is 0.270 e. The third-order valence-corrected chi connectivity index (χ3v) is 4.97. The molecule has 0 spiro atoms. The molecule has 3 rings (SSSR count). The minimum atomic E-state index is -0.574. The monoisotopic (exact) mass is 411 g/mol. The fourth-order valence-corrected chi connectivity index (χ4v) is 3.39. The van der Waals surface area contributed by atoms with Crippen molar-refractivity contribution >= 4 is 17.5 Å². The Morgan fingerprint density at radius 1 is 1.03 bits per heavy atom. The van der Waals surface area contributed by atoms with Gasteiger partial charge in [0.1, 0.15) is 5.75 Å². The van der Waals surface area contributed by atoms with Crippen molar-refractivity contribution < 1.29 is 19.2 Å². The molecule has 8 heteroatoms. The van der Waals surface area contributed by atoms with Crippen LogP contribution in [0.2, 0.25) is 0 Å². The van der Waals surface area contributed by atoms with Gasteiger partial charge < -0.3 is 15.4 Å². The third-order valence-electron chi connectivity index (χ3n) is 4.97. The molecule has 30 heavy (non-hydrogen) atoms. The van der Waals surface area contributed by atoms with E-state index in [2.05, 4.69) is 10.6 Å². The normalized spacial score (nSPS) is 14.0. The Balaban J connectivity index is 1.45. The second-order valence-electron chi connectivity index (χ2n) is 7.29. The number of amides is 2. The predicted molar refractivity (Wildman–Crippen MR) is 111 cm³/mol. The van der Waals surface area contributed by atoms with Crippen LogP contribution in [0.1, 0.15) is 48.0 Å². The highest BCUT2D eigenvalue weighted by atomic mass is 16.6. The zero-order valence-electron chi connectivity index (χ0n) is 16.6. The van der Waals surface area contributed by atoms with E-state index in [1.807, 2.05) is 24.3 Å². The van der Waals surface area contributed by atoms with Crippen molar-refractivity contribution in [1.82, 2.24) is 10.6 Å². The minimum Gasteiger partial charge on any atom is -0.490 e. The number of benzene rings is 2. The average Bonchev–Trinajstić information content (AvgIpc) is 2.77. The van der Waals surface area contributed by atoms with Crippen molar-refractivity contribution in [2.45, 2.75) is 44.8 Å². The number of nitro groups is 1. The summed E-state index contributed by atoms with van der Waals surface area (Å²) in [5.74, 6) is -0.100. The molecule has 2 N–H and O–H groups in total. The van der Waals surface area contributed by atoms with Gasteiger partial charge in [-0.3, -0.25) is 19.7 Å². The van der Waals surface area contributed by atoms with E-state index in [0.29, 0.717) is 6.54 Å². The number of rotatable bonds is 8. The summed E-state index contributed by atoms with van der Waals surface area (Å²) in [5.41, 5.74) is 0.855. The van der Waals surface area contributed by atoms with Crippen molar-refractivity contribution in [3.63, 3.8) is 0 Å². The Hall–Kier alpha value is -3.42. The molecule has 158 valence electrons. The lowest BCUT2D eigenvalue weighted by molar-refractivity contribution is -0.384. The van der Waals surface area contributed by atoms with E-state index in [0.717, 1.165) is 24.2 Å². The molecule has 0 atom stereocenters. The second-order valence-corrected chi connectivity index (χ2v) is 7.29. The summed E-state index contributed by atoms with van der Waals surface area (Å²) in [6.45, 7) is 0.0904. The van der Waals surface area contributed by atoms with Gasteiger partial charge in [0, 0.05) is 24.2 Å². The number of nitrogens with zero attached hydrogens (tertiary/aromatic N) is 1. The van der Waals surface area contributed by atoms with Crippen LogP contribution in [0.3, 0.4) is 0 Å². The van der Waals surface area contributed by atoms with E-state index in [-0.39, 0.29) is 29.8 Å². The molecular weight excluding hydrogens is 386 g/mol. The van der Waals surface area contributed by atoms with Crippen LogP contribution in [0, 0.1) is 10.1 Å². The summed E-state index contributed by atoms with van der Waals surface area (Å²) in [5, 5.41) is 16.0. The number of hydrogen-bond donors (Lipinski definition) is 2. The fraction of sp³-hybridized carbons (Fsp3) is 0.364. The fourth-order valence-electron chi connectivity index (χ4n) is 3.39. The number of carbonyl (C=O) groups is 2. The maximum absolute atomic E-state index is 12.1. The molecule has 2 amide bonds. The first-order valence-corrected chi connectivity index (χ1v) is 10.1. The van der Waals surface area contributed by atoms with E-state index in [1.54, 1.807) is 0 Å². The molecule has 2 aromatic carbocycles. The van der Waals surface area contributed by atoms with Crippen LogP contribution in [-0.4, -0.2) is 29.4 Å². The lowest BCUT2D eigenvalue weighted by Crippen LogP contribution is -2.36. The lowest BCUT2D eigenvalue weighted by atomic mass is 9.98.